The predicted molar refractivity (Wildman–Crippen MR) is 84.6 cm³/mol. The summed E-state index contributed by atoms with van der Waals surface area (Å²) in [5.74, 6) is 0.337. The van der Waals surface area contributed by atoms with E-state index in [4.69, 9.17) is 22.1 Å². The molecule has 4 nitrogen and oxygen atoms in total. The van der Waals surface area contributed by atoms with E-state index in [-0.39, 0.29) is 5.91 Å². The van der Waals surface area contributed by atoms with E-state index in [9.17, 15) is 4.79 Å². The maximum atomic E-state index is 11.8. The van der Waals surface area contributed by atoms with Crippen LogP contribution in [0.2, 0.25) is 5.02 Å². The second kappa shape index (κ2) is 6.99. The summed E-state index contributed by atoms with van der Waals surface area (Å²) in [5.41, 5.74) is 7.82. The Labute approximate surface area is 128 Å². The molecule has 1 amide bonds. The van der Waals surface area contributed by atoms with Crippen LogP contribution in [0.4, 0.5) is 5.69 Å². The average Bonchev–Trinajstić information content (AvgIpc) is 2.46. The Balaban J connectivity index is 2.12. The quantitative estimate of drug-likeness (QED) is 0.833. The van der Waals surface area contributed by atoms with Crippen molar-refractivity contribution in [1.29, 1.82) is 0 Å². The van der Waals surface area contributed by atoms with Crippen LogP contribution in [0.3, 0.4) is 0 Å². The molecule has 0 heterocycles. The molecule has 0 saturated carbocycles. The van der Waals surface area contributed by atoms with Crippen molar-refractivity contribution in [2.24, 2.45) is 0 Å². The number of hydrogen-bond acceptors (Lipinski definition) is 3. The van der Waals surface area contributed by atoms with Crippen LogP contribution >= 0.6 is 11.6 Å². The number of nitrogen functional groups attached to an aromatic ring is 1. The van der Waals surface area contributed by atoms with Gasteiger partial charge in [-0.3, -0.25) is 4.79 Å². The summed E-state index contributed by atoms with van der Waals surface area (Å²) >= 11 is 5.93. The second-order valence-corrected chi connectivity index (χ2v) is 4.97. The molecule has 0 aliphatic rings. The van der Waals surface area contributed by atoms with Gasteiger partial charge in [0, 0.05) is 17.1 Å². The summed E-state index contributed by atoms with van der Waals surface area (Å²) in [6.07, 6.45) is 0. The lowest BCUT2D eigenvalue weighted by atomic mass is 10.1. The lowest BCUT2D eigenvalue weighted by Gasteiger charge is -2.11. The maximum Gasteiger partial charge on any atom is 0.251 e. The Kier molecular flexibility index (Phi) is 5.06. The second-order valence-electron chi connectivity index (χ2n) is 4.53. The van der Waals surface area contributed by atoms with Gasteiger partial charge < -0.3 is 15.8 Å². The van der Waals surface area contributed by atoms with E-state index in [2.05, 4.69) is 5.32 Å². The Bertz CT molecular complexity index is 644. The third kappa shape index (κ3) is 4.13. The molecule has 2 aromatic carbocycles. The molecule has 2 aromatic rings. The summed E-state index contributed by atoms with van der Waals surface area (Å²) in [7, 11) is 0. The number of ether oxygens (including phenoxy) is 1. The molecule has 5 heteroatoms. The van der Waals surface area contributed by atoms with Crippen molar-refractivity contribution < 1.29 is 9.53 Å². The average molecular weight is 305 g/mol. The molecule has 0 atom stereocenters. The van der Waals surface area contributed by atoms with Gasteiger partial charge in [-0.25, -0.2) is 0 Å². The minimum atomic E-state index is -0.148. The zero-order valence-electron chi connectivity index (χ0n) is 11.7. The van der Waals surface area contributed by atoms with Gasteiger partial charge in [0.05, 0.1) is 5.69 Å². The molecule has 21 heavy (non-hydrogen) atoms. The van der Waals surface area contributed by atoms with Gasteiger partial charge in [-0.15, -0.1) is 0 Å². The van der Waals surface area contributed by atoms with Gasteiger partial charge in [0.15, 0.2) is 0 Å². The van der Waals surface area contributed by atoms with Gasteiger partial charge in [0.1, 0.15) is 12.4 Å². The van der Waals surface area contributed by atoms with E-state index in [1.165, 1.54) is 0 Å². The van der Waals surface area contributed by atoms with Gasteiger partial charge in [-0.2, -0.15) is 0 Å². The molecule has 0 radical (unpaired) electrons. The lowest BCUT2D eigenvalue weighted by Crippen LogP contribution is -2.22. The van der Waals surface area contributed by atoms with E-state index < -0.39 is 0 Å². The van der Waals surface area contributed by atoms with Gasteiger partial charge >= 0.3 is 0 Å². The van der Waals surface area contributed by atoms with E-state index in [1.807, 2.05) is 25.1 Å². The molecule has 0 unspecified atom stereocenters. The highest BCUT2D eigenvalue weighted by molar-refractivity contribution is 6.30. The van der Waals surface area contributed by atoms with Crippen molar-refractivity contribution in [3.8, 4) is 5.75 Å². The summed E-state index contributed by atoms with van der Waals surface area (Å²) in [6, 6.07) is 12.4. The summed E-state index contributed by atoms with van der Waals surface area (Å²) in [5, 5.41) is 3.39. The van der Waals surface area contributed by atoms with Gasteiger partial charge in [0.25, 0.3) is 5.91 Å². The van der Waals surface area contributed by atoms with Crippen molar-refractivity contribution in [1.82, 2.24) is 5.32 Å². The molecule has 0 aliphatic carbocycles. The van der Waals surface area contributed by atoms with Crippen molar-refractivity contribution in [2.75, 3.05) is 12.3 Å². The van der Waals surface area contributed by atoms with Crippen LogP contribution in [0.1, 0.15) is 22.8 Å². The number of benzene rings is 2. The number of nitrogens with one attached hydrogen (secondary N) is 1. The number of amides is 1. The number of hydrogen-bond donors (Lipinski definition) is 2. The normalized spacial score (nSPS) is 10.2. The zero-order valence-corrected chi connectivity index (χ0v) is 12.5. The standard InChI is InChI=1S/C16H17ClN2O2/c1-2-19-16(20)12-6-7-14(18)15(9-12)21-10-11-4-3-5-13(17)8-11/h3-9H,2,10,18H2,1H3,(H,19,20). The molecule has 0 aromatic heterocycles. The first kappa shape index (κ1) is 15.2. The van der Waals surface area contributed by atoms with Crippen LogP contribution < -0.4 is 15.8 Å². The Morgan fingerprint density at radius 2 is 2.10 bits per heavy atom. The SMILES string of the molecule is CCNC(=O)c1ccc(N)c(OCc2cccc(Cl)c2)c1. The zero-order chi connectivity index (χ0) is 15.2. The fourth-order valence-corrected chi connectivity index (χ4v) is 2.06. The molecule has 0 fully saturated rings. The topological polar surface area (TPSA) is 64.4 Å². The summed E-state index contributed by atoms with van der Waals surface area (Å²) < 4.78 is 5.68. The van der Waals surface area contributed by atoms with Crippen molar-refractivity contribution in [2.45, 2.75) is 13.5 Å². The molecular weight excluding hydrogens is 288 g/mol. The highest BCUT2D eigenvalue weighted by atomic mass is 35.5. The Morgan fingerprint density at radius 3 is 2.81 bits per heavy atom. The van der Waals surface area contributed by atoms with Crippen LogP contribution in [0.15, 0.2) is 42.5 Å². The van der Waals surface area contributed by atoms with Gasteiger partial charge in [-0.05, 0) is 42.8 Å². The summed E-state index contributed by atoms with van der Waals surface area (Å²) in [6.45, 7) is 2.78. The van der Waals surface area contributed by atoms with Crippen LogP contribution in [0, 0.1) is 0 Å². The molecule has 0 bridgehead atoms. The Morgan fingerprint density at radius 1 is 1.29 bits per heavy atom. The summed E-state index contributed by atoms with van der Waals surface area (Å²) in [4.78, 5) is 11.8. The largest absolute Gasteiger partial charge is 0.487 e. The number of carbonyl (C=O) groups is 1. The van der Waals surface area contributed by atoms with E-state index >= 15 is 0 Å². The highest BCUT2D eigenvalue weighted by Gasteiger charge is 2.08. The van der Waals surface area contributed by atoms with Crippen LogP contribution in [-0.2, 0) is 6.61 Å². The van der Waals surface area contributed by atoms with E-state index in [0.29, 0.717) is 35.2 Å². The third-order valence-electron chi connectivity index (χ3n) is 2.90. The van der Waals surface area contributed by atoms with Crippen molar-refractivity contribution >= 4 is 23.2 Å². The van der Waals surface area contributed by atoms with Gasteiger partial charge in [-0.1, -0.05) is 23.7 Å². The van der Waals surface area contributed by atoms with E-state index in [0.717, 1.165) is 5.56 Å². The maximum absolute atomic E-state index is 11.8. The fourth-order valence-electron chi connectivity index (χ4n) is 1.85. The van der Waals surface area contributed by atoms with Crippen LogP contribution in [0.5, 0.6) is 5.75 Å². The molecule has 0 aliphatic heterocycles. The number of halogens is 1. The van der Waals surface area contributed by atoms with Crippen LogP contribution in [-0.4, -0.2) is 12.5 Å². The molecule has 110 valence electrons. The van der Waals surface area contributed by atoms with Crippen LogP contribution in [0.25, 0.3) is 0 Å². The predicted octanol–water partition coefficient (Wildman–Crippen LogP) is 3.25. The molecule has 2 rings (SSSR count). The lowest BCUT2D eigenvalue weighted by molar-refractivity contribution is 0.0955. The number of carbonyl (C=O) groups excluding carboxylic acids is 1. The number of nitrogens with two attached hydrogens (primary N) is 1. The smallest absolute Gasteiger partial charge is 0.251 e. The first-order valence-corrected chi connectivity index (χ1v) is 7.03. The molecule has 3 N–H and O–H groups in total. The van der Waals surface area contributed by atoms with Crippen molar-refractivity contribution in [3.05, 3.63) is 58.6 Å². The fraction of sp³-hybridized carbons (Fsp3) is 0.188. The third-order valence-corrected chi connectivity index (χ3v) is 3.13. The molecule has 0 saturated heterocycles. The van der Waals surface area contributed by atoms with Gasteiger partial charge in [0.2, 0.25) is 0 Å². The van der Waals surface area contributed by atoms with E-state index in [1.54, 1.807) is 24.3 Å². The first-order valence-electron chi connectivity index (χ1n) is 6.65. The number of anilines is 1. The Hall–Kier alpha value is -2.20. The minimum absolute atomic E-state index is 0.148. The molecular formula is C16H17ClN2O2. The highest BCUT2D eigenvalue weighted by Crippen LogP contribution is 2.24. The molecule has 0 spiro atoms. The minimum Gasteiger partial charge on any atom is -0.487 e. The monoisotopic (exact) mass is 304 g/mol. The first-order chi connectivity index (χ1) is 10.1. The van der Waals surface area contributed by atoms with Crippen molar-refractivity contribution in [3.63, 3.8) is 0 Å². The number of rotatable bonds is 5.